The van der Waals surface area contributed by atoms with Gasteiger partial charge in [-0.05, 0) is 18.2 Å². The van der Waals surface area contributed by atoms with Crippen molar-refractivity contribution in [3.05, 3.63) is 39.5 Å². The lowest BCUT2D eigenvalue weighted by Gasteiger charge is -2.09. The smallest absolute Gasteiger partial charge is 0.239 e. The fourth-order valence-corrected chi connectivity index (χ4v) is 1.95. The highest BCUT2D eigenvalue weighted by atomic mass is 35.5. The molecule has 4 N–H and O–H groups in total. The number of nitrogens with zero attached hydrogens (tertiary/aromatic N) is 2. The number of nitrogens with two attached hydrogens (primary N) is 1. The van der Waals surface area contributed by atoms with Crippen molar-refractivity contribution in [2.24, 2.45) is 5.84 Å². The summed E-state index contributed by atoms with van der Waals surface area (Å²) in [6.07, 6.45) is 1.43. The monoisotopic (exact) mass is 303 g/mol. The van der Waals surface area contributed by atoms with E-state index in [1.54, 1.807) is 18.2 Å². The topological polar surface area (TPSA) is 75.9 Å². The molecular weight excluding hydrogens is 297 g/mol. The van der Waals surface area contributed by atoms with E-state index < -0.39 is 0 Å². The van der Waals surface area contributed by atoms with Crippen LogP contribution in [0.5, 0.6) is 0 Å². The lowest BCUT2D eigenvalue weighted by Crippen LogP contribution is -2.11. The molecule has 2 aromatic rings. The van der Waals surface area contributed by atoms with E-state index in [2.05, 4.69) is 20.7 Å². The van der Waals surface area contributed by atoms with Crippen LogP contribution in [0, 0.1) is 0 Å². The number of benzene rings is 1. The van der Waals surface area contributed by atoms with E-state index in [0.29, 0.717) is 26.6 Å². The SMILES string of the molecule is NNc1ncc(Cl)c(Nc2cc(Cl)cc(Cl)c2)n1. The van der Waals surface area contributed by atoms with Gasteiger partial charge in [0.05, 0.1) is 6.20 Å². The Morgan fingerprint density at radius 2 is 1.72 bits per heavy atom. The first kappa shape index (κ1) is 13.2. The van der Waals surface area contributed by atoms with Crippen LogP contribution in [0.3, 0.4) is 0 Å². The molecule has 2 rings (SSSR count). The third-order valence-corrected chi connectivity index (χ3v) is 2.71. The maximum atomic E-state index is 5.96. The highest BCUT2D eigenvalue weighted by Gasteiger charge is 2.06. The number of hydrogen-bond donors (Lipinski definition) is 3. The molecule has 0 unspecified atom stereocenters. The molecule has 0 saturated heterocycles. The summed E-state index contributed by atoms with van der Waals surface area (Å²) in [6, 6.07) is 5.02. The second-order valence-electron chi connectivity index (χ2n) is 3.32. The Labute approximate surface area is 118 Å². The van der Waals surface area contributed by atoms with E-state index in [1.807, 2.05) is 0 Å². The first-order chi connectivity index (χ1) is 8.58. The van der Waals surface area contributed by atoms with Gasteiger partial charge in [-0.3, -0.25) is 5.43 Å². The molecule has 0 saturated carbocycles. The van der Waals surface area contributed by atoms with Gasteiger partial charge in [0.15, 0.2) is 5.82 Å². The largest absolute Gasteiger partial charge is 0.339 e. The number of aromatic nitrogens is 2. The molecule has 0 bridgehead atoms. The molecular formula is C10H8Cl3N5. The third-order valence-electron chi connectivity index (χ3n) is 2.00. The molecule has 0 spiro atoms. The predicted molar refractivity (Wildman–Crippen MR) is 74.6 cm³/mol. The van der Waals surface area contributed by atoms with Crippen molar-refractivity contribution in [3.63, 3.8) is 0 Å². The summed E-state index contributed by atoms with van der Waals surface area (Å²) in [4.78, 5) is 7.93. The van der Waals surface area contributed by atoms with Crippen LogP contribution in [-0.4, -0.2) is 9.97 Å². The van der Waals surface area contributed by atoms with Crippen LogP contribution in [0.2, 0.25) is 15.1 Å². The number of anilines is 3. The van der Waals surface area contributed by atoms with E-state index in [-0.39, 0.29) is 5.95 Å². The van der Waals surface area contributed by atoms with Gasteiger partial charge < -0.3 is 5.32 Å². The summed E-state index contributed by atoms with van der Waals surface area (Å²) >= 11 is 17.7. The molecule has 0 amide bonds. The summed E-state index contributed by atoms with van der Waals surface area (Å²) < 4.78 is 0. The normalized spacial score (nSPS) is 10.2. The van der Waals surface area contributed by atoms with Crippen molar-refractivity contribution in [1.29, 1.82) is 0 Å². The Morgan fingerprint density at radius 1 is 1.06 bits per heavy atom. The van der Waals surface area contributed by atoms with Crippen molar-refractivity contribution in [3.8, 4) is 0 Å². The maximum Gasteiger partial charge on any atom is 0.239 e. The summed E-state index contributed by atoms with van der Waals surface area (Å²) in [6.45, 7) is 0. The Hall–Kier alpha value is -1.27. The second-order valence-corrected chi connectivity index (χ2v) is 4.60. The van der Waals surface area contributed by atoms with Crippen molar-refractivity contribution < 1.29 is 0 Å². The first-order valence-electron chi connectivity index (χ1n) is 4.81. The minimum atomic E-state index is 0.245. The quantitative estimate of drug-likeness (QED) is 0.598. The fourth-order valence-electron chi connectivity index (χ4n) is 1.29. The van der Waals surface area contributed by atoms with Crippen LogP contribution < -0.4 is 16.6 Å². The molecule has 1 aromatic heterocycles. The number of nitrogen functional groups attached to an aromatic ring is 1. The lowest BCUT2D eigenvalue weighted by molar-refractivity contribution is 1.12. The molecule has 5 nitrogen and oxygen atoms in total. The maximum absolute atomic E-state index is 5.96. The molecule has 8 heteroatoms. The number of nitrogens with one attached hydrogen (secondary N) is 2. The molecule has 0 radical (unpaired) electrons. The van der Waals surface area contributed by atoms with Crippen LogP contribution >= 0.6 is 34.8 Å². The number of hydrazine groups is 1. The summed E-state index contributed by atoms with van der Waals surface area (Å²) in [5, 5.41) is 4.35. The van der Waals surface area contributed by atoms with Gasteiger partial charge in [-0.15, -0.1) is 0 Å². The van der Waals surface area contributed by atoms with E-state index in [1.165, 1.54) is 6.20 Å². The van der Waals surface area contributed by atoms with Gasteiger partial charge in [0, 0.05) is 15.7 Å². The van der Waals surface area contributed by atoms with Crippen LogP contribution in [0.15, 0.2) is 24.4 Å². The van der Waals surface area contributed by atoms with E-state index in [4.69, 9.17) is 40.6 Å². The minimum absolute atomic E-state index is 0.245. The molecule has 18 heavy (non-hydrogen) atoms. The zero-order chi connectivity index (χ0) is 13.1. The molecule has 1 heterocycles. The summed E-state index contributed by atoms with van der Waals surface area (Å²) in [5.41, 5.74) is 2.99. The molecule has 94 valence electrons. The van der Waals surface area contributed by atoms with Crippen molar-refractivity contribution in [1.82, 2.24) is 9.97 Å². The van der Waals surface area contributed by atoms with Gasteiger partial charge in [0.25, 0.3) is 0 Å². The van der Waals surface area contributed by atoms with E-state index in [0.717, 1.165) is 0 Å². The molecule has 0 atom stereocenters. The van der Waals surface area contributed by atoms with E-state index >= 15 is 0 Å². The Kier molecular flexibility index (Phi) is 4.08. The van der Waals surface area contributed by atoms with Gasteiger partial charge >= 0.3 is 0 Å². The van der Waals surface area contributed by atoms with Crippen LogP contribution in [0.4, 0.5) is 17.5 Å². The zero-order valence-electron chi connectivity index (χ0n) is 8.92. The van der Waals surface area contributed by atoms with E-state index in [9.17, 15) is 0 Å². The highest BCUT2D eigenvalue weighted by molar-refractivity contribution is 6.35. The second kappa shape index (κ2) is 5.58. The van der Waals surface area contributed by atoms with Crippen molar-refractivity contribution in [2.45, 2.75) is 0 Å². The standard InChI is InChI=1S/C10H8Cl3N5/c11-5-1-6(12)3-7(2-5)16-9-8(13)4-15-10(17-9)18-14/h1-4H,14H2,(H2,15,16,17,18). The number of halogens is 3. The zero-order valence-corrected chi connectivity index (χ0v) is 11.2. The first-order valence-corrected chi connectivity index (χ1v) is 5.94. The van der Waals surface area contributed by atoms with Gasteiger partial charge in [-0.25, -0.2) is 10.8 Å². The van der Waals surface area contributed by atoms with Crippen LogP contribution in [0.25, 0.3) is 0 Å². The Morgan fingerprint density at radius 3 is 2.33 bits per heavy atom. The number of rotatable bonds is 3. The highest BCUT2D eigenvalue weighted by Crippen LogP contribution is 2.27. The molecule has 0 aliphatic carbocycles. The molecule has 0 fully saturated rings. The molecule has 1 aromatic carbocycles. The third kappa shape index (κ3) is 3.14. The average molecular weight is 305 g/mol. The summed E-state index contributed by atoms with van der Waals surface area (Å²) in [5.74, 6) is 5.87. The van der Waals surface area contributed by atoms with Crippen molar-refractivity contribution in [2.75, 3.05) is 10.7 Å². The predicted octanol–water partition coefficient (Wildman–Crippen LogP) is 3.47. The van der Waals surface area contributed by atoms with Crippen molar-refractivity contribution >= 4 is 52.3 Å². The minimum Gasteiger partial charge on any atom is -0.339 e. The van der Waals surface area contributed by atoms with Crippen LogP contribution in [-0.2, 0) is 0 Å². The fraction of sp³-hybridized carbons (Fsp3) is 0. The molecule has 0 aliphatic rings. The Balaban J connectivity index is 2.33. The van der Waals surface area contributed by atoms with Gasteiger partial charge in [-0.1, -0.05) is 34.8 Å². The lowest BCUT2D eigenvalue weighted by atomic mass is 10.3. The average Bonchev–Trinajstić information content (AvgIpc) is 2.30. The van der Waals surface area contributed by atoms with Gasteiger partial charge in [0.1, 0.15) is 5.02 Å². The van der Waals surface area contributed by atoms with Gasteiger partial charge in [-0.2, -0.15) is 4.98 Å². The van der Waals surface area contributed by atoms with Gasteiger partial charge in [0.2, 0.25) is 5.95 Å². The summed E-state index contributed by atoms with van der Waals surface area (Å²) in [7, 11) is 0. The van der Waals surface area contributed by atoms with Crippen LogP contribution in [0.1, 0.15) is 0 Å². The number of hydrogen-bond acceptors (Lipinski definition) is 5. The Bertz CT molecular complexity index is 555. The molecule has 0 aliphatic heterocycles.